The number of rotatable bonds is 0. The van der Waals surface area contributed by atoms with Crippen LogP contribution in [-0.2, 0) is 0 Å². The van der Waals surface area contributed by atoms with Gasteiger partial charge in [0.05, 0.1) is 16.1 Å². The molecule has 0 radical (unpaired) electrons. The number of nitrogens with zero attached hydrogens (tertiary/aromatic N) is 4. The Hall–Kier alpha value is -2.34. The number of pyridine rings is 2. The van der Waals surface area contributed by atoms with Crippen LogP contribution in [0.4, 0.5) is 0 Å². The first-order chi connectivity index (χ1) is 9.08. The van der Waals surface area contributed by atoms with Crippen LogP contribution in [0.5, 0.6) is 0 Å². The van der Waals surface area contributed by atoms with E-state index in [0.717, 1.165) is 4.73 Å². The fourth-order valence-corrected chi connectivity index (χ4v) is 1.38. The first-order valence-corrected chi connectivity index (χ1v) is 5.64. The lowest BCUT2D eigenvalue weighted by atomic mass is 10.3. The number of nitriles is 2. The molecule has 0 spiro atoms. The fraction of sp³-hybridized carbons (Fsp3) is 0. The lowest BCUT2D eigenvalue weighted by Gasteiger charge is -1.87. The molecule has 2 aromatic rings. The Balaban J connectivity index is 0.000000191. The molecule has 0 atom stereocenters. The van der Waals surface area contributed by atoms with Gasteiger partial charge in [0, 0.05) is 23.2 Å². The molecule has 0 unspecified atom stereocenters. The highest BCUT2D eigenvalue weighted by Crippen LogP contribution is 2.10. The molecule has 0 aliphatic rings. The highest BCUT2D eigenvalue weighted by Gasteiger charge is 2.04. The molecule has 0 bridgehead atoms. The van der Waals surface area contributed by atoms with Crippen molar-refractivity contribution in [3.05, 3.63) is 58.1 Å². The second kappa shape index (κ2) is 7.17. The van der Waals surface area contributed by atoms with Crippen LogP contribution in [0.15, 0.2) is 36.9 Å². The van der Waals surface area contributed by atoms with Crippen LogP contribution in [0.25, 0.3) is 0 Å². The normalized spacial score (nSPS) is 8.63. The molecular weight excluding hydrogens is 287 g/mol. The van der Waals surface area contributed by atoms with Crippen molar-refractivity contribution >= 4 is 23.2 Å². The van der Waals surface area contributed by atoms with Gasteiger partial charge in [0.1, 0.15) is 17.2 Å². The van der Waals surface area contributed by atoms with E-state index in [2.05, 4.69) is 4.98 Å². The van der Waals surface area contributed by atoms with Crippen molar-refractivity contribution in [3.8, 4) is 12.1 Å². The Bertz CT molecular complexity index is 662. The van der Waals surface area contributed by atoms with Crippen LogP contribution in [-0.4, -0.2) is 10.2 Å². The minimum absolute atomic E-state index is 0.243. The lowest BCUT2D eigenvalue weighted by molar-refractivity contribution is -0.904. The van der Waals surface area contributed by atoms with Crippen molar-refractivity contribution in [2.45, 2.75) is 0 Å². The van der Waals surface area contributed by atoms with Crippen LogP contribution in [0.3, 0.4) is 0 Å². The topological polar surface area (TPSA) is 84.6 Å². The molecule has 0 saturated heterocycles. The fourth-order valence-electron chi connectivity index (χ4n) is 1.02. The lowest BCUT2D eigenvalue weighted by Crippen LogP contribution is -2.28. The molecule has 0 saturated carbocycles. The number of aromatic nitrogens is 2. The monoisotopic (exact) mass is 293 g/mol. The highest BCUT2D eigenvalue weighted by atomic mass is 35.5. The predicted octanol–water partition coefficient (Wildman–Crippen LogP) is 2.34. The molecule has 5 nitrogen and oxygen atoms in total. The van der Waals surface area contributed by atoms with Gasteiger partial charge < -0.3 is 0 Å². The van der Waals surface area contributed by atoms with Crippen molar-refractivity contribution in [1.29, 1.82) is 10.5 Å². The molecule has 2 aromatic heterocycles. The van der Waals surface area contributed by atoms with Gasteiger partial charge in [-0.05, 0) is 6.07 Å². The first kappa shape index (κ1) is 14.7. The van der Waals surface area contributed by atoms with Gasteiger partial charge in [0.2, 0.25) is 12.4 Å². The largest absolute Gasteiger partial charge is 0.285 e. The number of halogens is 2. The maximum Gasteiger partial charge on any atom is 0.242 e. The Morgan fingerprint density at radius 2 is 1.74 bits per heavy atom. The van der Waals surface area contributed by atoms with E-state index in [4.69, 9.17) is 38.9 Å². The van der Waals surface area contributed by atoms with Crippen molar-refractivity contribution in [2.75, 3.05) is 0 Å². The van der Waals surface area contributed by atoms with E-state index in [-0.39, 0.29) is 5.02 Å². The summed E-state index contributed by atoms with van der Waals surface area (Å²) < 4.78 is 0.795. The summed E-state index contributed by atoms with van der Waals surface area (Å²) in [5, 5.41) is 26.1. The summed E-state index contributed by atoms with van der Waals surface area (Å²) in [5.74, 6) is 0. The highest BCUT2D eigenvalue weighted by molar-refractivity contribution is 6.31. The van der Waals surface area contributed by atoms with Gasteiger partial charge in [-0.1, -0.05) is 23.2 Å². The quantitative estimate of drug-likeness (QED) is 0.597. The van der Waals surface area contributed by atoms with Gasteiger partial charge in [-0.25, -0.2) is 0 Å². The minimum Gasteiger partial charge on any atom is -0.285 e. The smallest absolute Gasteiger partial charge is 0.242 e. The molecule has 2 rings (SSSR count). The average Bonchev–Trinajstić information content (AvgIpc) is 2.40. The maximum atomic E-state index is 8.76. The van der Waals surface area contributed by atoms with Crippen LogP contribution in [0.1, 0.15) is 11.1 Å². The zero-order valence-corrected chi connectivity index (χ0v) is 11.0. The SMILES string of the molecule is N#Cc1cc[n+](O)cc1Cl.N#Cc1ccncc1Cl. The Labute approximate surface area is 119 Å². The van der Waals surface area contributed by atoms with Gasteiger partial charge in [-0.2, -0.15) is 10.5 Å². The van der Waals surface area contributed by atoms with E-state index >= 15 is 0 Å². The van der Waals surface area contributed by atoms with Gasteiger partial charge in [0.15, 0.2) is 0 Å². The third-order valence-corrected chi connectivity index (χ3v) is 2.51. The van der Waals surface area contributed by atoms with Crippen molar-refractivity contribution in [3.63, 3.8) is 0 Å². The van der Waals surface area contributed by atoms with Crippen LogP contribution in [0.2, 0.25) is 10.0 Å². The zero-order chi connectivity index (χ0) is 14.3. The summed E-state index contributed by atoms with van der Waals surface area (Å²) in [4.78, 5) is 3.71. The van der Waals surface area contributed by atoms with Crippen molar-refractivity contribution < 1.29 is 9.94 Å². The van der Waals surface area contributed by atoms with E-state index in [1.54, 1.807) is 6.07 Å². The number of hydrogen-bond donors (Lipinski definition) is 1. The number of hydrogen-bond acceptors (Lipinski definition) is 4. The molecule has 0 aromatic carbocycles. The van der Waals surface area contributed by atoms with E-state index < -0.39 is 0 Å². The summed E-state index contributed by atoms with van der Waals surface area (Å²) >= 11 is 11.1. The van der Waals surface area contributed by atoms with Gasteiger partial charge in [-0.15, -0.1) is 0 Å². The molecule has 0 aliphatic heterocycles. The van der Waals surface area contributed by atoms with E-state index in [1.165, 1.54) is 30.9 Å². The Morgan fingerprint density at radius 1 is 1.11 bits per heavy atom. The molecular formula is C12H7Cl2N4O+. The van der Waals surface area contributed by atoms with Gasteiger partial charge >= 0.3 is 0 Å². The molecule has 0 fully saturated rings. The molecule has 2 heterocycles. The second-order valence-electron chi connectivity index (χ2n) is 3.17. The van der Waals surface area contributed by atoms with E-state index in [1.807, 2.05) is 12.1 Å². The summed E-state index contributed by atoms with van der Waals surface area (Å²) in [6, 6.07) is 6.79. The molecule has 0 aliphatic carbocycles. The Kier molecular flexibility index (Phi) is 5.56. The maximum absolute atomic E-state index is 8.76. The minimum atomic E-state index is 0.243. The van der Waals surface area contributed by atoms with Crippen LogP contribution in [0, 0.1) is 22.7 Å². The van der Waals surface area contributed by atoms with Gasteiger partial charge in [-0.3, -0.25) is 10.2 Å². The summed E-state index contributed by atoms with van der Waals surface area (Å²) in [6.45, 7) is 0. The summed E-state index contributed by atoms with van der Waals surface area (Å²) in [5.41, 5.74) is 0.818. The van der Waals surface area contributed by atoms with Crippen LogP contribution < -0.4 is 4.73 Å². The molecule has 1 N–H and O–H groups in total. The second-order valence-corrected chi connectivity index (χ2v) is 3.98. The molecule has 94 valence electrons. The van der Waals surface area contributed by atoms with Crippen molar-refractivity contribution in [2.24, 2.45) is 0 Å². The third kappa shape index (κ3) is 4.44. The molecule has 0 amide bonds. The first-order valence-electron chi connectivity index (χ1n) is 4.88. The zero-order valence-electron chi connectivity index (χ0n) is 9.46. The van der Waals surface area contributed by atoms with Crippen molar-refractivity contribution in [1.82, 2.24) is 4.98 Å². The van der Waals surface area contributed by atoms with E-state index in [0.29, 0.717) is 16.1 Å². The Morgan fingerprint density at radius 3 is 2.21 bits per heavy atom. The summed E-state index contributed by atoms with van der Waals surface area (Å²) in [7, 11) is 0. The molecule has 7 heteroatoms. The summed E-state index contributed by atoms with van der Waals surface area (Å²) in [6.07, 6.45) is 5.56. The van der Waals surface area contributed by atoms with Gasteiger partial charge in [0.25, 0.3) is 0 Å². The van der Waals surface area contributed by atoms with Crippen LogP contribution >= 0.6 is 23.2 Å². The standard InChI is InChI=1S/C6H4ClN2O.C6H3ClN2/c7-6-4-9(10)2-1-5(6)3-8;7-6-4-9-2-1-5(6)3-8/h1-2,4,10H;1-2,4H/q+1;. The predicted molar refractivity (Wildman–Crippen MR) is 67.5 cm³/mol. The third-order valence-electron chi connectivity index (χ3n) is 1.91. The average molecular weight is 294 g/mol. The molecule has 19 heavy (non-hydrogen) atoms. The van der Waals surface area contributed by atoms with E-state index in [9.17, 15) is 0 Å².